The van der Waals surface area contributed by atoms with Crippen LogP contribution < -0.4 is 14.8 Å². The number of methoxy groups -OCH3 is 2. The molecule has 0 amide bonds. The van der Waals surface area contributed by atoms with Crippen LogP contribution in [0.1, 0.15) is 18.4 Å². The zero-order valence-corrected chi connectivity index (χ0v) is 12.7. The normalized spacial score (nSPS) is 21.4. The van der Waals surface area contributed by atoms with E-state index in [1.165, 1.54) is 0 Å². The highest BCUT2D eigenvalue weighted by atomic mass is 32.2. The average molecular weight is 299 g/mol. The smallest absolute Gasteiger partial charge is 0.151 e. The van der Waals surface area contributed by atoms with Crippen molar-refractivity contribution in [3.05, 3.63) is 23.8 Å². The zero-order valence-electron chi connectivity index (χ0n) is 11.9. The third-order valence-corrected chi connectivity index (χ3v) is 5.36. The molecule has 20 heavy (non-hydrogen) atoms. The van der Waals surface area contributed by atoms with E-state index < -0.39 is 9.84 Å². The lowest BCUT2D eigenvalue weighted by Gasteiger charge is -2.23. The largest absolute Gasteiger partial charge is 0.497 e. The van der Waals surface area contributed by atoms with Crippen LogP contribution in [-0.2, 0) is 16.4 Å². The first kappa shape index (κ1) is 15.1. The summed E-state index contributed by atoms with van der Waals surface area (Å²) in [5, 5.41) is 3.31. The molecule has 1 aliphatic heterocycles. The van der Waals surface area contributed by atoms with Crippen LogP contribution in [0.2, 0.25) is 0 Å². The summed E-state index contributed by atoms with van der Waals surface area (Å²) in [5.41, 5.74) is 0.997. The number of hydrogen-bond donors (Lipinski definition) is 1. The lowest BCUT2D eigenvalue weighted by Crippen LogP contribution is -2.39. The van der Waals surface area contributed by atoms with Crippen molar-refractivity contribution in [2.45, 2.75) is 25.4 Å². The third-order valence-electron chi connectivity index (χ3n) is 3.54. The Morgan fingerprint density at radius 1 is 1.30 bits per heavy atom. The molecule has 112 valence electrons. The van der Waals surface area contributed by atoms with Crippen molar-refractivity contribution in [2.75, 3.05) is 25.7 Å². The van der Waals surface area contributed by atoms with Crippen molar-refractivity contribution in [1.29, 1.82) is 0 Å². The maximum atomic E-state index is 11.6. The van der Waals surface area contributed by atoms with Crippen LogP contribution in [0.3, 0.4) is 0 Å². The molecule has 1 aromatic rings. The summed E-state index contributed by atoms with van der Waals surface area (Å²) < 4.78 is 33.7. The molecule has 2 rings (SSSR count). The molecular weight excluding hydrogens is 278 g/mol. The Morgan fingerprint density at radius 3 is 2.75 bits per heavy atom. The lowest BCUT2D eigenvalue weighted by atomic mass is 10.1. The summed E-state index contributed by atoms with van der Waals surface area (Å²) in [7, 11) is 0.349. The van der Waals surface area contributed by atoms with Crippen molar-refractivity contribution in [3.8, 4) is 11.5 Å². The second kappa shape index (κ2) is 6.45. The molecule has 0 aromatic heterocycles. The Labute approximate surface area is 120 Å². The van der Waals surface area contributed by atoms with Crippen LogP contribution in [0, 0.1) is 0 Å². The fourth-order valence-electron chi connectivity index (χ4n) is 2.44. The van der Waals surface area contributed by atoms with Gasteiger partial charge in [-0.2, -0.15) is 0 Å². The van der Waals surface area contributed by atoms with Crippen LogP contribution in [0.15, 0.2) is 18.2 Å². The van der Waals surface area contributed by atoms with Gasteiger partial charge in [0, 0.05) is 24.2 Å². The molecule has 1 heterocycles. The first-order valence-corrected chi connectivity index (χ1v) is 8.51. The van der Waals surface area contributed by atoms with Gasteiger partial charge in [0.25, 0.3) is 0 Å². The fraction of sp³-hybridized carbons (Fsp3) is 0.571. The van der Waals surface area contributed by atoms with Crippen molar-refractivity contribution in [3.63, 3.8) is 0 Å². The molecule has 1 fully saturated rings. The summed E-state index contributed by atoms with van der Waals surface area (Å²) in [5.74, 6) is 2.03. The molecule has 1 atom stereocenters. The maximum Gasteiger partial charge on any atom is 0.151 e. The average Bonchev–Trinajstić information content (AvgIpc) is 2.44. The van der Waals surface area contributed by atoms with Crippen molar-refractivity contribution < 1.29 is 17.9 Å². The van der Waals surface area contributed by atoms with Crippen molar-refractivity contribution >= 4 is 9.84 Å². The van der Waals surface area contributed by atoms with Crippen LogP contribution in [0.5, 0.6) is 11.5 Å². The highest BCUT2D eigenvalue weighted by Gasteiger charge is 2.24. The molecule has 0 radical (unpaired) electrons. The molecule has 0 saturated carbocycles. The van der Waals surface area contributed by atoms with Gasteiger partial charge in [0.2, 0.25) is 0 Å². The summed E-state index contributed by atoms with van der Waals surface area (Å²) in [4.78, 5) is 0. The molecule has 1 aromatic carbocycles. The highest BCUT2D eigenvalue weighted by molar-refractivity contribution is 7.91. The minimum atomic E-state index is -2.88. The van der Waals surface area contributed by atoms with E-state index in [1.54, 1.807) is 14.2 Å². The van der Waals surface area contributed by atoms with Gasteiger partial charge in [0.1, 0.15) is 11.5 Å². The number of hydrogen-bond acceptors (Lipinski definition) is 5. The summed E-state index contributed by atoms with van der Waals surface area (Å²) in [6.45, 7) is 0.591. The van der Waals surface area contributed by atoms with E-state index in [4.69, 9.17) is 9.47 Å². The van der Waals surface area contributed by atoms with Crippen molar-refractivity contribution in [1.82, 2.24) is 5.32 Å². The second-order valence-corrected chi connectivity index (χ2v) is 7.24. The molecule has 6 heteroatoms. The van der Waals surface area contributed by atoms with Gasteiger partial charge in [-0.05, 0) is 18.9 Å². The molecule has 0 spiro atoms. The SMILES string of the molecule is COc1ccc(CNC2CCCS(=O)(=O)C2)c(OC)c1. The molecule has 1 N–H and O–H groups in total. The Hall–Kier alpha value is -1.27. The predicted molar refractivity (Wildman–Crippen MR) is 78.1 cm³/mol. The predicted octanol–water partition coefficient (Wildman–Crippen LogP) is 1.37. The number of benzene rings is 1. The van der Waals surface area contributed by atoms with Crippen LogP contribution in [0.4, 0.5) is 0 Å². The quantitative estimate of drug-likeness (QED) is 0.889. The van der Waals surface area contributed by atoms with E-state index in [-0.39, 0.29) is 11.8 Å². The molecule has 1 aliphatic rings. The van der Waals surface area contributed by atoms with Gasteiger partial charge in [0.15, 0.2) is 9.84 Å². The van der Waals surface area contributed by atoms with E-state index in [9.17, 15) is 8.42 Å². The number of ether oxygens (including phenoxy) is 2. The highest BCUT2D eigenvalue weighted by Crippen LogP contribution is 2.24. The Morgan fingerprint density at radius 2 is 2.10 bits per heavy atom. The van der Waals surface area contributed by atoms with Gasteiger partial charge < -0.3 is 14.8 Å². The van der Waals surface area contributed by atoms with E-state index >= 15 is 0 Å². The first-order chi connectivity index (χ1) is 9.54. The molecule has 1 unspecified atom stereocenters. The van der Waals surface area contributed by atoms with Crippen LogP contribution >= 0.6 is 0 Å². The van der Waals surface area contributed by atoms with E-state index in [0.29, 0.717) is 12.3 Å². The zero-order chi connectivity index (χ0) is 14.6. The van der Waals surface area contributed by atoms with Gasteiger partial charge in [-0.3, -0.25) is 0 Å². The fourth-order valence-corrected chi connectivity index (χ4v) is 4.11. The molecular formula is C14H21NO4S. The number of nitrogens with one attached hydrogen (secondary N) is 1. The maximum absolute atomic E-state index is 11.6. The summed E-state index contributed by atoms with van der Waals surface area (Å²) >= 11 is 0. The van der Waals surface area contributed by atoms with Gasteiger partial charge in [0.05, 0.1) is 25.7 Å². The van der Waals surface area contributed by atoms with Gasteiger partial charge in [-0.1, -0.05) is 6.07 Å². The second-order valence-electron chi connectivity index (χ2n) is 5.01. The van der Waals surface area contributed by atoms with Crippen molar-refractivity contribution in [2.24, 2.45) is 0 Å². The standard InChI is InChI=1S/C14H21NO4S/c1-18-13-6-5-11(14(8-13)19-2)9-15-12-4-3-7-20(16,17)10-12/h5-6,8,12,15H,3-4,7,9-10H2,1-2H3. The number of sulfone groups is 1. The van der Waals surface area contributed by atoms with Gasteiger partial charge in [-0.25, -0.2) is 8.42 Å². The monoisotopic (exact) mass is 299 g/mol. The number of rotatable bonds is 5. The van der Waals surface area contributed by atoms with Gasteiger partial charge >= 0.3 is 0 Å². The van der Waals surface area contributed by atoms with Crippen LogP contribution in [0.25, 0.3) is 0 Å². The minimum Gasteiger partial charge on any atom is -0.497 e. The topological polar surface area (TPSA) is 64.6 Å². The third kappa shape index (κ3) is 3.86. The first-order valence-electron chi connectivity index (χ1n) is 6.69. The molecule has 1 saturated heterocycles. The summed E-state index contributed by atoms with van der Waals surface area (Å²) in [6.07, 6.45) is 1.64. The molecule has 0 bridgehead atoms. The minimum absolute atomic E-state index is 0.0283. The lowest BCUT2D eigenvalue weighted by molar-refractivity contribution is 0.388. The van der Waals surface area contributed by atoms with E-state index in [0.717, 1.165) is 29.9 Å². The molecule has 5 nitrogen and oxygen atoms in total. The Bertz CT molecular complexity index is 556. The van der Waals surface area contributed by atoms with Crippen LogP contribution in [-0.4, -0.2) is 40.2 Å². The van der Waals surface area contributed by atoms with E-state index in [1.807, 2.05) is 18.2 Å². The summed E-state index contributed by atoms with van der Waals surface area (Å²) in [6, 6.07) is 5.66. The Balaban J connectivity index is 2.00. The van der Waals surface area contributed by atoms with E-state index in [2.05, 4.69) is 5.32 Å². The molecule has 0 aliphatic carbocycles. The van der Waals surface area contributed by atoms with Gasteiger partial charge in [-0.15, -0.1) is 0 Å². The Kier molecular flexibility index (Phi) is 4.88.